The van der Waals surface area contributed by atoms with E-state index in [1.54, 1.807) is 0 Å². The van der Waals surface area contributed by atoms with Crippen LogP contribution in [-0.4, -0.2) is 0 Å². The molecule has 112 valence electrons. The fraction of sp³-hybridized carbons (Fsp3) is 0.294. The van der Waals surface area contributed by atoms with Gasteiger partial charge in [0, 0.05) is 0 Å². The molecule has 0 fully saturated rings. The first kappa shape index (κ1) is 15.4. The highest BCUT2D eigenvalue weighted by molar-refractivity contribution is 5.39. The highest BCUT2D eigenvalue weighted by Gasteiger charge is 2.30. The van der Waals surface area contributed by atoms with E-state index in [-0.39, 0.29) is 0 Å². The monoisotopic (exact) mass is 294 g/mol. The third-order valence-corrected chi connectivity index (χ3v) is 3.26. The van der Waals surface area contributed by atoms with Gasteiger partial charge < -0.3 is 4.74 Å². The number of hydrogen-bond donors (Lipinski definition) is 0. The van der Waals surface area contributed by atoms with Gasteiger partial charge in [0.15, 0.2) is 0 Å². The fourth-order valence-electron chi connectivity index (χ4n) is 2.10. The topological polar surface area (TPSA) is 9.23 Å². The summed E-state index contributed by atoms with van der Waals surface area (Å²) in [4.78, 5) is 0. The van der Waals surface area contributed by atoms with Crippen molar-refractivity contribution in [1.82, 2.24) is 0 Å². The maximum Gasteiger partial charge on any atom is 0.416 e. The molecule has 4 heteroatoms. The Bertz CT molecular complexity index is 600. The molecule has 0 N–H and O–H groups in total. The van der Waals surface area contributed by atoms with Crippen LogP contribution in [0.1, 0.15) is 30.0 Å². The average Bonchev–Trinajstić information content (AvgIpc) is 2.42. The van der Waals surface area contributed by atoms with Crippen LogP contribution < -0.4 is 4.74 Å². The third kappa shape index (κ3) is 4.00. The summed E-state index contributed by atoms with van der Waals surface area (Å²) in [5.74, 6) is 1.04. The minimum atomic E-state index is -4.32. The number of aryl methyl sites for hydroxylation is 2. The first-order valence-electron chi connectivity index (χ1n) is 6.85. The third-order valence-electron chi connectivity index (χ3n) is 3.26. The van der Waals surface area contributed by atoms with Crippen molar-refractivity contribution in [2.75, 3.05) is 0 Å². The van der Waals surface area contributed by atoms with Gasteiger partial charge in [-0.15, -0.1) is 0 Å². The lowest BCUT2D eigenvalue weighted by atomic mass is 10.0. The van der Waals surface area contributed by atoms with Crippen molar-refractivity contribution in [2.45, 2.75) is 32.9 Å². The Balaban J connectivity index is 2.16. The highest BCUT2D eigenvalue weighted by Crippen LogP contribution is 2.31. The molecule has 1 nitrogen and oxygen atoms in total. The Morgan fingerprint density at radius 2 is 1.57 bits per heavy atom. The Morgan fingerprint density at radius 3 is 2.14 bits per heavy atom. The minimum Gasteiger partial charge on any atom is -0.457 e. The molecule has 0 aliphatic rings. The van der Waals surface area contributed by atoms with Gasteiger partial charge in [0.1, 0.15) is 11.5 Å². The molecular formula is C17H17F3O. The molecule has 2 aromatic rings. The second kappa shape index (κ2) is 6.20. The van der Waals surface area contributed by atoms with Crippen LogP contribution in [0.5, 0.6) is 11.5 Å². The summed E-state index contributed by atoms with van der Waals surface area (Å²) >= 11 is 0. The molecule has 2 rings (SSSR count). The molecule has 0 bridgehead atoms. The number of halogens is 3. The molecule has 0 aliphatic heterocycles. The zero-order chi connectivity index (χ0) is 15.5. The summed E-state index contributed by atoms with van der Waals surface area (Å²) in [6, 6.07) is 10.4. The van der Waals surface area contributed by atoms with E-state index in [0.717, 1.165) is 25.0 Å². The van der Waals surface area contributed by atoms with Crippen molar-refractivity contribution in [3.8, 4) is 11.5 Å². The molecule has 0 aromatic heterocycles. The summed E-state index contributed by atoms with van der Waals surface area (Å²) in [6.45, 7) is 4.13. The predicted molar refractivity (Wildman–Crippen MR) is 76.7 cm³/mol. The lowest BCUT2D eigenvalue weighted by molar-refractivity contribution is -0.137. The van der Waals surface area contributed by atoms with Crippen molar-refractivity contribution < 1.29 is 17.9 Å². The van der Waals surface area contributed by atoms with Crippen LogP contribution in [0.25, 0.3) is 0 Å². The van der Waals surface area contributed by atoms with Gasteiger partial charge in [-0.3, -0.25) is 0 Å². The SMILES string of the molecule is CCCc1cc(Oc2ccc(C(F)(F)F)cc2)ccc1C. The zero-order valence-corrected chi connectivity index (χ0v) is 12.0. The van der Waals surface area contributed by atoms with Gasteiger partial charge in [0.25, 0.3) is 0 Å². The van der Waals surface area contributed by atoms with Crippen molar-refractivity contribution in [3.63, 3.8) is 0 Å². The summed E-state index contributed by atoms with van der Waals surface area (Å²) < 4.78 is 43.1. The second-order valence-corrected chi connectivity index (χ2v) is 4.96. The van der Waals surface area contributed by atoms with E-state index in [4.69, 9.17) is 4.74 Å². The minimum absolute atomic E-state index is 0.398. The van der Waals surface area contributed by atoms with Gasteiger partial charge in [0.05, 0.1) is 5.56 Å². The normalized spacial score (nSPS) is 11.5. The fourth-order valence-corrected chi connectivity index (χ4v) is 2.10. The zero-order valence-electron chi connectivity index (χ0n) is 12.0. The van der Waals surface area contributed by atoms with E-state index in [1.165, 1.54) is 23.3 Å². The Kier molecular flexibility index (Phi) is 4.56. The molecule has 0 saturated carbocycles. The molecule has 2 aromatic carbocycles. The van der Waals surface area contributed by atoms with Gasteiger partial charge in [-0.25, -0.2) is 0 Å². The quantitative estimate of drug-likeness (QED) is 0.696. The first-order chi connectivity index (χ1) is 9.90. The van der Waals surface area contributed by atoms with Crippen LogP contribution in [0.4, 0.5) is 13.2 Å². The average molecular weight is 294 g/mol. The smallest absolute Gasteiger partial charge is 0.416 e. The number of hydrogen-bond acceptors (Lipinski definition) is 1. The Labute approximate surface area is 122 Å². The maximum atomic E-state index is 12.5. The van der Waals surface area contributed by atoms with Gasteiger partial charge in [-0.05, 0) is 60.9 Å². The molecule has 0 radical (unpaired) electrons. The van der Waals surface area contributed by atoms with E-state index < -0.39 is 11.7 Å². The van der Waals surface area contributed by atoms with Crippen LogP contribution in [0.3, 0.4) is 0 Å². The number of ether oxygens (including phenoxy) is 1. The lowest BCUT2D eigenvalue weighted by Gasteiger charge is -2.11. The maximum absolute atomic E-state index is 12.5. The molecular weight excluding hydrogens is 277 g/mol. The molecule has 0 amide bonds. The molecule has 0 unspecified atom stereocenters. The van der Waals surface area contributed by atoms with Gasteiger partial charge >= 0.3 is 6.18 Å². The molecule has 21 heavy (non-hydrogen) atoms. The summed E-state index contributed by atoms with van der Waals surface area (Å²) in [7, 11) is 0. The molecule has 0 atom stereocenters. The summed E-state index contributed by atoms with van der Waals surface area (Å²) in [6.07, 6.45) is -2.34. The molecule has 0 heterocycles. The lowest BCUT2D eigenvalue weighted by Crippen LogP contribution is -2.04. The summed E-state index contributed by atoms with van der Waals surface area (Å²) in [5, 5.41) is 0. The first-order valence-corrected chi connectivity index (χ1v) is 6.85. The molecule has 0 spiro atoms. The van der Waals surface area contributed by atoms with Crippen LogP contribution in [0, 0.1) is 6.92 Å². The van der Waals surface area contributed by atoms with Crippen LogP contribution >= 0.6 is 0 Å². The number of benzene rings is 2. The van der Waals surface area contributed by atoms with Crippen molar-refractivity contribution >= 4 is 0 Å². The molecule has 0 aliphatic carbocycles. The van der Waals surface area contributed by atoms with E-state index >= 15 is 0 Å². The number of rotatable bonds is 4. The van der Waals surface area contributed by atoms with E-state index in [0.29, 0.717) is 11.5 Å². The molecule has 0 saturated heterocycles. The van der Waals surface area contributed by atoms with Crippen molar-refractivity contribution in [3.05, 3.63) is 59.2 Å². The van der Waals surface area contributed by atoms with Gasteiger partial charge in [-0.2, -0.15) is 13.2 Å². The van der Waals surface area contributed by atoms with Crippen LogP contribution in [0.2, 0.25) is 0 Å². The standard InChI is InChI=1S/C17H17F3O/c1-3-4-13-11-16(8-5-12(13)2)21-15-9-6-14(7-10-15)17(18,19)20/h5-11H,3-4H2,1-2H3. The predicted octanol–water partition coefficient (Wildman–Crippen LogP) is 5.76. The highest BCUT2D eigenvalue weighted by atomic mass is 19.4. The van der Waals surface area contributed by atoms with E-state index in [1.807, 2.05) is 25.1 Å². The largest absolute Gasteiger partial charge is 0.457 e. The number of alkyl halides is 3. The van der Waals surface area contributed by atoms with E-state index in [2.05, 4.69) is 6.92 Å². The summed E-state index contributed by atoms with van der Waals surface area (Å²) in [5.41, 5.74) is 1.71. The van der Waals surface area contributed by atoms with Crippen LogP contribution in [0.15, 0.2) is 42.5 Å². The Hall–Kier alpha value is -1.97. The van der Waals surface area contributed by atoms with Gasteiger partial charge in [-0.1, -0.05) is 19.4 Å². The van der Waals surface area contributed by atoms with Crippen molar-refractivity contribution in [2.24, 2.45) is 0 Å². The van der Waals surface area contributed by atoms with Crippen LogP contribution in [-0.2, 0) is 12.6 Å². The van der Waals surface area contributed by atoms with Crippen molar-refractivity contribution in [1.29, 1.82) is 0 Å². The Morgan fingerprint density at radius 1 is 0.952 bits per heavy atom. The van der Waals surface area contributed by atoms with E-state index in [9.17, 15) is 13.2 Å². The second-order valence-electron chi connectivity index (χ2n) is 4.96. The van der Waals surface area contributed by atoms with Gasteiger partial charge in [0.2, 0.25) is 0 Å².